The Morgan fingerprint density at radius 3 is 2.60 bits per heavy atom. The van der Waals surface area contributed by atoms with E-state index in [4.69, 9.17) is 0 Å². The van der Waals surface area contributed by atoms with E-state index in [9.17, 15) is 9.59 Å². The molecule has 1 aliphatic carbocycles. The molecule has 0 bridgehead atoms. The maximum absolute atomic E-state index is 12.4. The minimum atomic E-state index is -0.0738. The average Bonchev–Trinajstić information content (AvgIpc) is 3.39. The van der Waals surface area contributed by atoms with Crippen LogP contribution in [-0.4, -0.2) is 18.4 Å². The predicted octanol–water partition coefficient (Wildman–Crippen LogP) is 3.22. The van der Waals surface area contributed by atoms with Crippen LogP contribution in [0, 0.1) is 12.8 Å². The second-order valence-corrected chi connectivity index (χ2v) is 7.03. The minimum absolute atomic E-state index is 0.0738. The van der Waals surface area contributed by atoms with Crippen molar-refractivity contribution in [2.24, 2.45) is 5.92 Å². The third kappa shape index (κ3) is 3.29. The van der Waals surface area contributed by atoms with Gasteiger partial charge in [0.25, 0.3) is 5.91 Å². The highest BCUT2D eigenvalue weighted by molar-refractivity contribution is 6.00. The van der Waals surface area contributed by atoms with E-state index < -0.39 is 0 Å². The van der Waals surface area contributed by atoms with Crippen LogP contribution < -0.4 is 10.2 Å². The second-order valence-electron chi connectivity index (χ2n) is 7.03. The SMILES string of the molecule is Cc1ccc(CNC(=O)c2ccc3c(c2)CCN3C(=O)C2CC2)cc1. The van der Waals surface area contributed by atoms with Crippen LogP contribution in [0.5, 0.6) is 0 Å². The van der Waals surface area contributed by atoms with E-state index in [0.29, 0.717) is 12.1 Å². The van der Waals surface area contributed by atoms with Crippen molar-refractivity contribution >= 4 is 17.5 Å². The topological polar surface area (TPSA) is 49.4 Å². The smallest absolute Gasteiger partial charge is 0.251 e. The molecule has 2 aliphatic rings. The van der Waals surface area contributed by atoms with E-state index in [1.54, 1.807) is 0 Å². The van der Waals surface area contributed by atoms with Crippen LogP contribution in [0.1, 0.15) is 39.9 Å². The summed E-state index contributed by atoms with van der Waals surface area (Å²) in [6.07, 6.45) is 2.86. The van der Waals surface area contributed by atoms with E-state index in [-0.39, 0.29) is 17.7 Å². The summed E-state index contributed by atoms with van der Waals surface area (Å²) in [6, 6.07) is 13.8. The standard InChI is InChI=1S/C21H22N2O2/c1-14-2-4-15(5-3-14)13-22-20(24)18-8-9-19-17(12-18)10-11-23(19)21(25)16-6-7-16/h2-5,8-9,12,16H,6-7,10-11,13H2,1H3,(H,22,24). The fourth-order valence-electron chi connectivity index (χ4n) is 3.31. The zero-order chi connectivity index (χ0) is 17.4. The molecule has 0 aromatic heterocycles. The van der Waals surface area contributed by atoms with Gasteiger partial charge in [0.05, 0.1) is 0 Å². The average molecular weight is 334 g/mol. The number of carbonyl (C=O) groups excluding carboxylic acids is 2. The first-order valence-corrected chi connectivity index (χ1v) is 8.90. The van der Waals surface area contributed by atoms with Crippen molar-refractivity contribution in [1.29, 1.82) is 0 Å². The number of anilines is 1. The molecular weight excluding hydrogens is 312 g/mol. The van der Waals surface area contributed by atoms with E-state index in [2.05, 4.69) is 5.32 Å². The Labute approximate surface area is 147 Å². The molecule has 1 saturated carbocycles. The van der Waals surface area contributed by atoms with Gasteiger partial charge in [0.1, 0.15) is 0 Å². The molecule has 0 saturated heterocycles. The van der Waals surface area contributed by atoms with Crippen LogP contribution >= 0.6 is 0 Å². The zero-order valence-corrected chi connectivity index (χ0v) is 14.4. The van der Waals surface area contributed by atoms with Gasteiger partial charge < -0.3 is 10.2 Å². The molecule has 2 aromatic rings. The van der Waals surface area contributed by atoms with Crippen LogP contribution in [0.4, 0.5) is 5.69 Å². The summed E-state index contributed by atoms with van der Waals surface area (Å²) in [4.78, 5) is 26.6. The van der Waals surface area contributed by atoms with E-state index in [0.717, 1.165) is 42.6 Å². The van der Waals surface area contributed by atoms with Crippen molar-refractivity contribution < 1.29 is 9.59 Å². The van der Waals surface area contributed by atoms with Gasteiger partial charge in [0, 0.05) is 30.3 Å². The van der Waals surface area contributed by atoms with Gasteiger partial charge in [-0.15, -0.1) is 0 Å². The van der Waals surface area contributed by atoms with Gasteiger partial charge >= 0.3 is 0 Å². The molecule has 0 radical (unpaired) electrons. The number of rotatable bonds is 4. The fraction of sp³-hybridized carbons (Fsp3) is 0.333. The summed E-state index contributed by atoms with van der Waals surface area (Å²) in [5, 5.41) is 2.97. The first kappa shape index (κ1) is 15.9. The lowest BCUT2D eigenvalue weighted by Gasteiger charge is -2.17. The zero-order valence-electron chi connectivity index (χ0n) is 14.4. The van der Waals surface area contributed by atoms with Gasteiger partial charge in [-0.05, 0) is 55.5 Å². The van der Waals surface area contributed by atoms with Gasteiger partial charge in [0.15, 0.2) is 0 Å². The Hall–Kier alpha value is -2.62. The third-order valence-corrected chi connectivity index (χ3v) is 5.00. The van der Waals surface area contributed by atoms with Crippen LogP contribution in [0.15, 0.2) is 42.5 Å². The van der Waals surface area contributed by atoms with Crippen molar-refractivity contribution in [2.45, 2.75) is 32.7 Å². The number of aryl methyl sites for hydroxylation is 1. The van der Waals surface area contributed by atoms with Crippen molar-refractivity contribution in [2.75, 3.05) is 11.4 Å². The lowest BCUT2D eigenvalue weighted by atomic mass is 10.1. The molecule has 4 heteroatoms. The first-order valence-electron chi connectivity index (χ1n) is 8.90. The van der Waals surface area contributed by atoms with E-state index in [1.807, 2.05) is 54.3 Å². The number of nitrogens with zero attached hydrogens (tertiary/aromatic N) is 1. The molecule has 2 amide bonds. The highest BCUT2D eigenvalue weighted by atomic mass is 16.2. The van der Waals surface area contributed by atoms with E-state index in [1.165, 1.54) is 5.56 Å². The summed E-state index contributed by atoms with van der Waals surface area (Å²) in [6.45, 7) is 3.30. The molecule has 1 aliphatic heterocycles. The van der Waals surface area contributed by atoms with Crippen LogP contribution in [0.3, 0.4) is 0 Å². The Morgan fingerprint density at radius 1 is 1.12 bits per heavy atom. The molecule has 1 N–H and O–H groups in total. The first-order chi connectivity index (χ1) is 12.1. The van der Waals surface area contributed by atoms with Crippen LogP contribution in [-0.2, 0) is 17.8 Å². The van der Waals surface area contributed by atoms with Crippen molar-refractivity contribution in [1.82, 2.24) is 5.32 Å². The summed E-state index contributed by atoms with van der Waals surface area (Å²) in [7, 11) is 0. The highest BCUT2D eigenvalue weighted by Crippen LogP contribution is 2.36. The third-order valence-electron chi connectivity index (χ3n) is 5.00. The van der Waals surface area contributed by atoms with Crippen LogP contribution in [0.25, 0.3) is 0 Å². The van der Waals surface area contributed by atoms with Gasteiger partial charge in [0.2, 0.25) is 5.91 Å². The van der Waals surface area contributed by atoms with Crippen molar-refractivity contribution in [3.8, 4) is 0 Å². The Morgan fingerprint density at radius 2 is 1.88 bits per heavy atom. The molecule has 2 aromatic carbocycles. The monoisotopic (exact) mass is 334 g/mol. The molecule has 1 fully saturated rings. The Bertz CT molecular complexity index is 822. The number of amides is 2. The van der Waals surface area contributed by atoms with Gasteiger partial charge in [-0.1, -0.05) is 29.8 Å². The molecule has 0 atom stereocenters. The summed E-state index contributed by atoms with van der Waals surface area (Å²) < 4.78 is 0. The summed E-state index contributed by atoms with van der Waals surface area (Å²) >= 11 is 0. The minimum Gasteiger partial charge on any atom is -0.348 e. The molecule has 4 rings (SSSR count). The number of carbonyl (C=O) groups is 2. The van der Waals surface area contributed by atoms with Gasteiger partial charge in [-0.2, -0.15) is 0 Å². The molecule has 128 valence electrons. The molecule has 1 heterocycles. The Kier molecular flexibility index (Phi) is 4.04. The normalized spacial score (nSPS) is 15.8. The fourth-order valence-corrected chi connectivity index (χ4v) is 3.31. The van der Waals surface area contributed by atoms with Gasteiger partial charge in [-0.25, -0.2) is 0 Å². The number of hydrogen-bond donors (Lipinski definition) is 1. The van der Waals surface area contributed by atoms with Gasteiger partial charge in [-0.3, -0.25) is 9.59 Å². The maximum Gasteiger partial charge on any atom is 0.251 e. The largest absolute Gasteiger partial charge is 0.348 e. The van der Waals surface area contributed by atoms with Crippen molar-refractivity contribution in [3.05, 3.63) is 64.7 Å². The summed E-state index contributed by atoms with van der Waals surface area (Å²) in [5.74, 6) is 0.397. The number of fused-ring (bicyclic) bond motifs is 1. The lowest BCUT2D eigenvalue weighted by Crippen LogP contribution is -2.30. The van der Waals surface area contributed by atoms with Crippen molar-refractivity contribution in [3.63, 3.8) is 0 Å². The summed E-state index contributed by atoms with van der Waals surface area (Å²) in [5.41, 5.74) is 5.02. The molecule has 0 spiro atoms. The lowest BCUT2D eigenvalue weighted by molar-refractivity contribution is -0.119. The second kappa shape index (κ2) is 6.36. The quantitative estimate of drug-likeness (QED) is 0.933. The molecule has 4 nitrogen and oxygen atoms in total. The molecule has 0 unspecified atom stereocenters. The Balaban J connectivity index is 1.43. The van der Waals surface area contributed by atoms with Crippen LogP contribution in [0.2, 0.25) is 0 Å². The van der Waals surface area contributed by atoms with E-state index >= 15 is 0 Å². The highest BCUT2D eigenvalue weighted by Gasteiger charge is 2.36. The molecule has 25 heavy (non-hydrogen) atoms. The predicted molar refractivity (Wildman–Crippen MR) is 97.6 cm³/mol. The molecular formula is C21H22N2O2. The number of nitrogens with one attached hydrogen (secondary N) is 1. The number of hydrogen-bond acceptors (Lipinski definition) is 2. The number of benzene rings is 2. The maximum atomic E-state index is 12.4.